The Morgan fingerprint density at radius 3 is 2.57 bits per heavy atom. The van der Waals surface area contributed by atoms with Crippen LogP contribution in [-0.4, -0.2) is 26.3 Å². The van der Waals surface area contributed by atoms with E-state index < -0.39 is 0 Å². The minimum Gasteiger partial charge on any atom is -0.497 e. The average molecular weight is 320 g/mol. The fourth-order valence-corrected chi connectivity index (χ4v) is 2.29. The van der Waals surface area contributed by atoms with Crippen LogP contribution in [0.15, 0.2) is 24.3 Å². The smallest absolute Gasteiger partial charge is 0.331 e. The molecule has 1 aromatic rings. The minimum absolute atomic E-state index is 0.00328. The van der Waals surface area contributed by atoms with Crippen LogP contribution in [0.25, 0.3) is 6.08 Å². The summed E-state index contributed by atoms with van der Waals surface area (Å²) in [4.78, 5) is 12.0. The molecule has 0 heterocycles. The van der Waals surface area contributed by atoms with Gasteiger partial charge in [-0.3, -0.25) is 0 Å². The third kappa shape index (κ3) is 6.76. The summed E-state index contributed by atoms with van der Waals surface area (Å²) >= 11 is 0. The van der Waals surface area contributed by atoms with E-state index in [1.54, 1.807) is 26.4 Å². The van der Waals surface area contributed by atoms with E-state index in [1.165, 1.54) is 18.9 Å². The third-order valence-electron chi connectivity index (χ3n) is 3.71. The van der Waals surface area contributed by atoms with Crippen molar-refractivity contribution in [1.29, 1.82) is 0 Å². The number of esters is 1. The lowest BCUT2D eigenvalue weighted by molar-refractivity contribution is -0.143. The molecule has 0 radical (unpaired) electrons. The van der Waals surface area contributed by atoms with Crippen molar-refractivity contribution in [2.24, 2.45) is 0 Å². The van der Waals surface area contributed by atoms with Gasteiger partial charge in [-0.15, -0.1) is 0 Å². The molecule has 0 saturated heterocycles. The summed E-state index contributed by atoms with van der Waals surface area (Å²) < 4.78 is 16.0. The average Bonchev–Trinajstić information content (AvgIpc) is 2.58. The van der Waals surface area contributed by atoms with Crippen molar-refractivity contribution in [1.82, 2.24) is 0 Å². The maximum absolute atomic E-state index is 12.0. The molecule has 0 amide bonds. The Kier molecular flexibility index (Phi) is 8.88. The number of ether oxygens (including phenoxy) is 3. The largest absolute Gasteiger partial charge is 0.497 e. The molecule has 0 spiro atoms. The Morgan fingerprint density at radius 2 is 1.96 bits per heavy atom. The molecule has 0 bridgehead atoms. The Hall–Kier alpha value is -1.97. The van der Waals surface area contributed by atoms with Gasteiger partial charge < -0.3 is 14.2 Å². The van der Waals surface area contributed by atoms with Gasteiger partial charge >= 0.3 is 5.97 Å². The first kappa shape index (κ1) is 19.1. The SMILES string of the molecule is CCCCCC(CC)OC(=O)C=Cc1ccc(OC)cc1OC. The molecule has 0 N–H and O–H groups in total. The summed E-state index contributed by atoms with van der Waals surface area (Å²) in [5.74, 6) is 1.05. The van der Waals surface area contributed by atoms with Gasteiger partial charge in [-0.25, -0.2) is 4.79 Å². The van der Waals surface area contributed by atoms with Gasteiger partial charge in [0.2, 0.25) is 0 Å². The van der Waals surface area contributed by atoms with Crippen LogP contribution in [0.1, 0.15) is 51.5 Å². The molecule has 0 aliphatic carbocycles. The van der Waals surface area contributed by atoms with Gasteiger partial charge in [-0.05, 0) is 37.5 Å². The monoisotopic (exact) mass is 320 g/mol. The van der Waals surface area contributed by atoms with Gasteiger partial charge in [0.05, 0.1) is 14.2 Å². The lowest BCUT2D eigenvalue weighted by Gasteiger charge is -2.14. The zero-order valence-corrected chi connectivity index (χ0v) is 14.6. The molecule has 128 valence electrons. The van der Waals surface area contributed by atoms with Crippen molar-refractivity contribution in [3.8, 4) is 11.5 Å². The van der Waals surface area contributed by atoms with Gasteiger partial charge in [-0.1, -0.05) is 26.7 Å². The standard InChI is InChI=1S/C19H28O4/c1-5-7-8-9-16(6-2)23-19(20)13-11-15-10-12-17(21-3)14-18(15)22-4/h10-14,16H,5-9H2,1-4H3. The van der Waals surface area contributed by atoms with Crippen LogP contribution >= 0.6 is 0 Å². The number of benzene rings is 1. The maximum Gasteiger partial charge on any atom is 0.331 e. The summed E-state index contributed by atoms with van der Waals surface area (Å²) in [5, 5.41) is 0. The first-order valence-corrected chi connectivity index (χ1v) is 8.25. The van der Waals surface area contributed by atoms with Crippen LogP contribution in [0.3, 0.4) is 0 Å². The molecular weight excluding hydrogens is 292 g/mol. The van der Waals surface area contributed by atoms with Crippen LogP contribution < -0.4 is 9.47 Å². The normalized spacial score (nSPS) is 12.2. The highest BCUT2D eigenvalue weighted by Gasteiger charge is 2.10. The molecule has 1 aromatic carbocycles. The molecule has 1 rings (SSSR count). The van der Waals surface area contributed by atoms with E-state index >= 15 is 0 Å². The zero-order chi connectivity index (χ0) is 17.1. The van der Waals surface area contributed by atoms with Crippen LogP contribution in [0, 0.1) is 0 Å². The minimum atomic E-state index is -0.314. The predicted octanol–water partition coefficient (Wildman–Crippen LogP) is 4.62. The first-order valence-electron chi connectivity index (χ1n) is 8.25. The second-order valence-corrected chi connectivity index (χ2v) is 5.40. The summed E-state index contributed by atoms with van der Waals surface area (Å²) in [6.07, 6.45) is 8.36. The van der Waals surface area contributed by atoms with Crippen molar-refractivity contribution < 1.29 is 19.0 Å². The summed E-state index contributed by atoms with van der Waals surface area (Å²) in [7, 11) is 3.19. The van der Waals surface area contributed by atoms with Gasteiger partial charge in [0.15, 0.2) is 0 Å². The van der Waals surface area contributed by atoms with E-state index in [2.05, 4.69) is 6.92 Å². The highest BCUT2D eigenvalue weighted by Crippen LogP contribution is 2.25. The zero-order valence-electron chi connectivity index (χ0n) is 14.6. The molecule has 1 atom stereocenters. The quantitative estimate of drug-likeness (QED) is 0.358. The van der Waals surface area contributed by atoms with E-state index in [1.807, 2.05) is 19.1 Å². The lowest BCUT2D eigenvalue weighted by Crippen LogP contribution is -2.15. The van der Waals surface area contributed by atoms with Crippen molar-refractivity contribution in [2.45, 2.75) is 52.1 Å². The lowest BCUT2D eigenvalue weighted by atomic mass is 10.1. The first-order chi connectivity index (χ1) is 11.1. The number of rotatable bonds is 10. The Morgan fingerprint density at radius 1 is 1.17 bits per heavy atom. The fourth-order valence-electron chi connectivity index (χ4n) is 2.29. The Bertz CT molecular complexity index is 508. The fraction of sp³-hybridized carbons (Fsp3) is 0.526. The molecule has 0 saturated carbocycles. The van der Waals surface area contributed by atoms with Crippen LogP contribution in [0.2, 0.25) is 0 Å². The van der Waals surface area contributed by atoms with Crippen molar-refractivity contribution in [3.05, 3.63) is 29.8 Å². The molecule has 23 heavy (non-hydrogen) atoms. The summed E-state index contributed by atoms with van der Waals surface area (Å²) in [5.41, 5.74) is 0.810. The highest BCUT2D eigenvalue weighted by atomic mass is 16.5. The van der Waals surface area contributed by atoms with E-state index in [-0.39, 0.29) is 12.1 Å². The summed E-state index contributed by atoms with van der Waals surface area (Å²) in [6.45, 7) is 4.21. The van der Waals surface area contributed by atoms with Gasteiger partial charge in [0.25, 0.3) is 0 Å². The van der Waals surface area contributed by atoms with Crippen molar-refractivity contribution >= 4 is 12.0 Å². The molecule has 0 fully saturated rings. The second kappa shape index (κ2) is 10.7. The molecule has 4 nitrogen and oxygen atoms in total. The van der Waals surface area contributed by atoms with Gasteiger partial charge in [-0.2, -0.15) is 0 Å². The maximum atomic E-state index is 12.0. The van der Waals surface area contributed by atoms with E-state index in [0.717, 1.165) is 24.8 Å². The molecule has 4 heteroatoms. The van der Waals surface area contributed by atoms with Crippen LogP contribution in [0.4, 0.5) is 0 Å². The third-order valence-corrected chi connectivity index (χ3v) is 3.71. The Labute approximate surface area is 139 Å². The molecule has 0 aliphatic heterocycles. The highest BCUT2D eigenvalue weighted by molar-refractivity contribution is 5.87. The molecular formula is C19H28O4. The van der Waals surface area contributed by atoms with Crippen LogP contribution in [0.5, 0.6) is 11.5 Å². The number of methoxy groups -OCH3 is 2. The predicted molar refractivity (Wildman–Crippen MR) is 92.9 cm³/mol. The van der Waals surface area contributed by atoms with Gasteiger partial charge in [0.1, 0.15) is 17.6 Å². The number of carbonyl (C=O) groups excluding carboxylic acids is 1. The van der Waals surface area contributed by atoms with Gasteiger partial charge in [0, 0.05) is 17.7 Å². The van der Waals surface area contributed by atoms with E-state index in [0.29, 0.717) is 11.5 Å². The second-order valence-electron chi connectivity index (χ2n) is 5.40. The molecule has 0 aromatic heterocycles. The number of carbonyl (C=O) groups is 1. The van der Waals surface area contributed by atoms with Crippen LogP contribution in [-0.2, 0) is 9.53 Å². The summed E-state index contributed by atoms with van der Waals surface area (Å²) in [6, 6.07) is 5.46. The number of unbranched alkanes of at least 4 members (excludes halogenated alkanes) is 2. The number of hydrogen-bond donors (Lipinski definition) is 0. The Balaban J connectivity index is 2.63. The van der Waals surface area contributed by atoms with Crippen molar-refractivity contribution in [3.63, 3.8) is 0 Å². The molecule has 1 unspecified atom stereocenters. The number of hydrogen-bond acceptors (Lipinski definition) is 4. The van der Waals surface area contributed by atoms with Crippen molar-refractivity contribution in [2.75, 3.05) is 14.2 Å². The van der Waals surface area contributed by atoms with E-state index in [4.69, 9.17) is 14.2 Å². The van der Waals surface area contributed by atoms with E-state index in [9.17, 15) is 4.79 Å². The molecule has 0 aliphatic rings. The topological polar surface area (TPSA) is 44.8 Å².